The number of amides is 4. The van der Waals surface area contributed by atoms with Crippen molar-refractivity contribution in [3.8, 4) is 0 Å². The molecule has 0 heterocycles. The van der Waals surface area contributed by atoms with Crippen molar-refractivity contribution < 1.29 is 14.4 Å². The van der Waals surface area contributed by atoms with Crippen LogP contribution < -0.4 is 16.4 Å². The molecule has 0 atom stereocenters. The summed E-state index contributed by atoms with van der Waals surface area (Å²) in [6.45, 7) is 0.643. The molecular formula is C19H22N4O3. The molecule has 136 valence electrons. The average Bonchev–Trinajstić information content (AvgIpc) is 2.62. The van der Waals surface area contributed by atoms with Gasteiger partial charge in [-0.1, -0.05) is 36.4 Å². The van der Waals surface area contributed by atoms with Crippen molar-refractivity contribution in [3.05, 3.63) is 65.7 Å². The van der Waals surface area contributed by atoms with E-state index in [0.29, 0.717) is 17.8 Å². The van der Waals surface area contributed by atoms with Gasteiger partial charge in [-0.25, -0.2) is 4.79 Å². The summed E-state index contributed by atoms with van der Waals surface area (Å²) in [5.74, 6) is -0.812. The van der Waals surface area contributed by atoms with E-state index in [1.165, 1.54) is 0 Å². The number of hydrogen-bond donors (Lipinski definition) is 3. The van der Waals surface area contributed by atoms with Crippen molar-refractivity contribution >= 4 is 23.5 Å². The molecule has 0 aliphatic rings. The highest BCUT2D eigenvalue weighted by atomic mass is 16.2. The summed E-state index contributed by atoms with van der Waals surface area (Å²) in [7, 11) is 1.70. The quantitative estimate of drug-likeness (QED) is 0.708. The van der Waals surface area contributed by atoms with Gasteiger partial charge in [-0.2, -0.15) is 0 Å². The SMILES string of the molecule is CN(Cc1ccccc1)C(=O)Nc1cccc(C(=O)NCCC(N)=O)c1. The van der Waals surface area contributed by atoms with Crippen molar-refractivity contribution in [1.82, 2.24) is 10.2 Å². The molecule has 0 unspecified atom stereocenters. The Bertz CT molecular complexity index is 777. The Labute approximate surface area is 152 Å². The molecule has 0 aliphatic carbocycles. The fraction of sp³-hybridized carbons (Fsp3) is 0.211. The van der Waals surface area contributed by atoms with Gasteiger partial charge in [0.25, 0.3) is 5.91 Å². The fourth-order valence-corrected chi connectivity index (χ4v) is 2.29. The molecule has 26 heavy (non-hydrogen) atoms. The first-order valence-electron chi connectivity index (χ1n) is 8.18. The second-order valence-electron chi connectivity index (χ2n) is 5.82. The van der Waals surface area contributed by atoms with Crippen LogP contribution in [0, 0.1) is 0 Å². The number of benzene rings is 2. The second kappa shape index (κ2) is 9.22. The molecule has 2 aromatic rings. The van der Waals surface area contributed by atoms with E-state index in [9.17, 15) is 14.4 Å². The molecule has 7 nitrogen and oxygen atoms in total. The molecule has 4 N–H and O–H groups in total. The summed E-state index contributed by atoms with van der Waals surface area (Å²) < 4.78 is 0. The van der Waals surface area contributed by atoms with Crippen LogP contribution in [0.1, 0.15) is 22.3 Å². The first kappa shape index (κ1) is 19.0. The Kier molecular flexibility index (Phi) is 6.73. The summed E-state index contributed by atoms with van der Waals surface area (Å²) in [5.41, 5.74) is 6.96. The number of rotatable bonds is 7. The molecule has 2 aromatic carbocycles. The normalized spacial score (nSPS) is 10.0. The standard InChI is InChI=1S/C19H22N4O3/c1-23(13-14-6-3-2-4-7-14)19(26)22-16-9-5-8-15(12-16)18(25)21-11-10-17(20)24/h2-9,12H,10-11,13H2,1H3,(H2,20,24)(H,21,25)(H,22,26). The Morgan fingerprint density at radius 2 is 1.77 bits per heavy atom. The molecule has 4 amide bonds. The highest BCUT2D eigenvalue weighted by Crippen LogP contribution is 2.12. The number of urea groups is 1. The van der Waals surface area contributed by atoms with Gasteiger partial charge in [0.15, 0.2) is 0 Å². The van der Waals surface area contributed by atoms with E-state index in [0.717, 1.165) is 5.56 Å². The fourth-order valence-electron chi connectivity index (χ4n) is 2.29. The molecular weight excluding hydrogens is 332 g/mol. The van der Waals surface area contributed by atoms with Gasteiger partial charge in [-0.3, -0.25) is 9.59 Å². The van der Waals surface area contributed by atoms with Crippen molar-refractivity contribution in [2.75, 3.05) is 18.9 Å². The van der Waals surface area contributed by atoms with E-state index < -0.39 is 5.91 Å². The minimum atomic E-state index is -0.479. The zero-order valence-electron chi connectivity index (χ0n) is 14.6. The van der Waals surface area contributed by atoms with Gasteiger partial charge >= 0.3 is 6.03 Å². The summed E-state index contributed by atoms with van der Waals surface area (Å²) in [5, 5.41) is 5.37. The van der Waals surface area contributed by atoms with Gasteiger partial charge in [-0.15, -0.1) is 0 Å². The van der Waals surface area contributed by atoms with Gasteiger partial charge in [0, 0.05) is 37.8 Å². The highest BCUT2D eigenvalue weighted by molar-refractivity contribution is 5.97. The lowest BCUT2D eigenvalue weighted by Crippen LogP contribution is -2.31. The predicted octanol–water partition coefficient (Wildman–Crippen LogP) is 1.96. The molecule has 0 saturated heterocycles. The van der Waals surface area contributed by atoms with Crippen LogP contribution in [-0.2, 0) is 11.3 Å². The summed E-state index contributed by atoms with van der Waals surface area (Å²) >= 11 is 0. The van der Waals surface area contributed by atoms with E-state index in [1.54, 1.807) is 36.2 Å². The van der Waals surface area contributed by atoms with Crippen LogP contribution in [0.5, 0.6) is 0 Å². The molecule has 0 fully saturated rings. The molecule has 0 radical (unpaired) electrons. The molecule has 0 spiro atoms. The molecule has 0 saturated carbocycles. The number of carbonyl (C=O) groups is 3. The number of carbonyl (C=O) groups excluding carboxylic acids is 3. The van der Waals surface area contributed by atoms with Crippen LogP contribution in [0.15, 0.2) is 54.6 Å². The van der Waals surface area contributed by atoms with E-state index in [2.05, 4.69) is 10.6 Å². The van der Waals surface area contributed by atoms with Gasteiger partial charge in [-0.05, 0) is 23.8 Å². The van der Waals surface area contributed by atoms with Crippen LogP contribution in [0.2, 0.25) is 0 Å². The van der Waals surface area contributed by atoms with Crippen LogP contribution >= 0.6 is 0 Å². The Balaban J connectivity index is 1.93. The van der Waals surface area contributed by atoms with Crippen LogP contribution in [-0.4, -0.2) is 36.3 Å². The third kappa shape index (κ3) is 5.94. The lowest BCUT2D eigenvalue weighted by Gasteiger charge is -2.18. The first-order valence-corrected chi connectivity index (χ1v) is 8.18. The second-order valence-corrected chi connectivity index (χ2v) is 5.82. The zero-order chi connectivity index (χ0) is 18.9. The maximum Gasteiger partial charge on any atom is 0.321 e. The topological polar surface area (TPSA) is 105 Å². The summed E-state index contributed by atoms with van der Waals surface area (Å²) in [4.78, 5) is 36.6. The van der Waals surface area contributed by atoms with Crippen LogP contribution in [0.4, 0.5) is 10.5 Å². The maximum absolute atomic E-state index is 12.3. The van der Waals surface area contributed by atoms with E-state index in [4.69, 9.17) is 5.73 Å². The predicted molar refractivity (Wildman–Crippen MR) is 99.5 cm³/mol. The van der Waals surface area contributed by atoms with Gasteiger partial charge in [0.2, 0.25) is 5.91 Å². The number of primary amides is 1. The third-order valence-electron chi connectivity index (χ3n) is 3.64. The van der Waals surface area contributed by atoms with Crippen molar-refractivity contribution in [2.24, 2.45) is 5.73 Å². The first-order chi connectivity index (χ1) is 12.5. The van der Waals surface area contributed by atoms with Crippen molar-refractivity contribution in [2.45, 2.75) is 13.0 Å². The lowest BCUT2D eigenvalue weighted by molar-refractivity contribution is -0.117. The van der Waals surface area contributed by atoms with E-state index in [-0.39, 0.29) is 24.9 Å². The maximum atomic E-state index is 12.3. The monoisotopic (exact) mass is 354 g/mol. The summed E-state index contributed by atoms with van der Waals surface area (Å²) in [6.07, 6.45) is 0.0758. The smallest absolute Gasteiger partial charge is 0.321 e. The van der Waals surface area contributed by atoms with Gasteiger partial charge < -0.3 is 21.3 Å². The lowest BCUT2D eigenvalue weighted by atomic mass is 10.2. The number of nitrogens with two attached hydrogens (primary N) is 1. The van der Waals surface area contributed by atoms with Crippen LogP contribution in [0.25, 0.3) is 0 Å². The molecule has 2 rings (SSSR count). The van der Waals surface area contributed by atoms with Gasteiger partial charge in [0.1, 0.15) is 0 Å². The molecule has 0 aliphatic heterocycles. The average molecular weight is 354 g/mol. The minimum absolute atomic E-state index is 0.0758. The van der Waals surface area contributed by atoms with Crippen LogP contribution in [0.3, 0.4) is 0 Å². The molecule has 0 aromatic heterocycles. The molecule has 0 bridgehead atoms. The Hall–Kier alpha value is -3.35. The van der Waals surface area contributed by atoms with Gasteiger partial charge in [0.05, 0.1) is 0 Å². The Morgan fingerprint density at radius 1 is 1.04 bits per heavy atom. The number of nitrogens with zero attached hydrogens (tertiary/aromatic N) is 1. The van der Waals surface area contributed by atoms with Crippen molar-refractivity contribution in [3.63, 3.8) is 0 Å². The van der Waals surface area contributed by atoms with Crippen molar-refractivity contribution in [1.29, 1.82) is 0 Å². The number of nitrogens with one attached hydrogen (secondary N) is 2. The number of anilines is 1. The third-order valence-corrected chi connectivity index (χ3v) is 3.64. The van der Waals surface area contributed by atoms with E-state index >= 15 is 0 Å². The minimum Gasteiger partial charge on any atom is -0.370 e. The van der Waals surface area contributed by atoms with E-state index in [1.807, 2.05) is 30.3 Å². The largest absolute Gasteiger partial charge is 0.370 e. The zero-order valence-corrected chi connectivity index (χ0v) is 14.6. The number of hydrogen-bond acceptors (Lipinski definition) is 3. The molecule has 7 heteroatoms. The highest BCUT2D eigenvalue weighted by Gasteiger charge is 2.11. The summed E-state index contributed by atoms with van der Waals surface area (Å²) in [6, 6.07) is 16.0. The Morgan fingerprint density at radius 3 is 2.46 bits per heavy atom.